The van der Waals surface area contributed by atoms with Crippen molar-refractivity contribution < 1.29 is 4.79 Å². The van der Waals surface area contributed by atoms with Crippen LogP contribution in [0.25, 0.3) is 0 Å². The summed E-state index contributed by atoms with van der Waals surface area (Å²) in [5.41, 5.74) is 2.81. The van der Waals surface area contributed by atoms with Gasteiger partial charge in [-0.25, -0.2) is 4.98 Å². The summed E-state index contributed by atoms with van der Waals surface area (Å²) in [5, 5.41) is 2.89. The van der Waals surface area contributed by atoms with Gasteiger partial charge in [-0.2, -0.15) is 0 Å². The highest BCUT2D eigenvalue weighted by atomic mass is 16.1. The number of likely N-dealkylation sites (N-methyl/N-ethyl adjacent to an activating group) is 1. The lowest BCUT2D eigenvalue weighted by Gasteiger charge is -2.37. The third-order valence-electron chi connectivity index (χ3n) is 4.59. The van der Waals surface area contributed by atoms with Gasteiger partial charge in [0, 0.05) is 45.0 Å². The maximum absolute atomic E-state index is 12.1. The summed E-state index contributed by atoms with van der Waals surface area (Å²) in [5.74, 6) is -0.118. The summed E-state index contributed by atoms with van der Waals surface area (Å²) in [6.07, 6.45) is 1.80. The van der Waals surface area contributed by atoms with E-state index in [9.17, 15) is 4.79 Å². The Balaban J connectivity index is 1.52. The Morgan fingerprint density at radius 3 is 2.23 bits per heavy atom. The van der Waals surface area contributed by atoms with Gasteiger partial charge in [-0.3, -0.25) is 4.79 Å². The quantitative estimate of drug-likeness (QED) is 0.857. The van der Waals surface area contributed by atoms with Gasteiger partial charge in [0.1, 0.15) is 5.69 Å². The molecule has 1 saturated heterocycles. The van der Waals surface area contributed by atoms with Gasteiger partial charge >= 0.3 is 0 Å². The number of hydrogen-bond acceptors (Lipinski definition) is 5. The summed E-state index contributed by atoms with van der Waals surface area (Å²) in [7, 11) is 3.97. The SMILES string of the molecule is CN(C)CCNC(=O)c1ccc(N2CCN(c3ccccc3)CC2)cn1. The summed E-state index contributed by atoms with van der Waals surface area (Å²) in [6, 6.07) is 14.3. The molecule has 1 fully saturated rings. The van der Waals surface area contributed by atoms with Crippen molar-refractivity contribution in [2.45, 2.75) is 0 Å². The van der Waals surface area contributed by atoms with E-state index >= 15 is 0 Å². The summed E-state index contributed by atoms with van der Waals surface area (Å²) < 4.78 is 0. The molecule has 2 aromatic rings. The van der Waals surface area contributed by atoms with Crippen LogP contribution in [0.15, 0.2) is 48.7 Å². The lowest BCUT2D eigenvalue weighted by atomic mass is 10.2. The molecule has 0 unspecified atom stereocenters. The largest absolute Gasteiger partial charge is 0.368 e. The predicted octanol–water partition coefficient (Wildman–Crippen LogP) is 1.70. The van der Waals surface area contributed by atoms with Gasteiger partial charge in [-0.05, 0) is 38.4 Å². The number of rotatable bonds is 6. The van der Waals surface area contributed by atoms with Crippen LogP contribution in [-0.2, 0) is 0 Å². The zero-order valence-electron chi connectivity index (χ0n) is 15.6. The number of carbonyl (C=O) groups is 1. The van der Waals surface area contributed by atoms with E-state index in [1.165, 1.54) is 5.69 Å². The molecular weight excluding hydrogens is 326 g/mol. The summed E-state index contributed by atoms with van der Waals surface area (Å²) in [4.78, 5) is 23.2. The number of piperazine rings is 1. The van der Waals surface area contributed by atoms with Crippen LogP contribution >= 0.6 is 0 Å². The highest BCUT2D eigenvalue weighted by molar-refractivity contribution is 5.92. The molecule has 0 spiro atoms. The molecule has 1 aromatic heterocycles. The van der Waals surface area contributed by atoms with E-state index in [2.05, 4.69) is 44.4 Å². The zero-order chi connectivity index (χ0) is 18.4. The molecule has 2 heterocycles. The molecule has 0 atom stereocenters. The number of hydrogen-bond donors (Lipinski definition) is 1. The first kappa shape index (κ1) is 18.2. The summed E-state index contributed by atoms with van der Waals surface area (Å²) >= 11 is 0. The molecule has 138 valence electrons. The maximum Gasteiger partial charge on any atom is 0.269 e. The average molecular weight is 353 g/mol. The molecule has 26 heavy (non-hydrogen) atoms. The second-order valence-corrected chi connectivity index (χ2v) is 6.77. The van der Waals surface area contributed by atoms with E-state index in [1.807, 2.05) is 37.2 Å². The van der Waals surface area contributed by atoms with Crippen LogP contribution in [0.5, 0.6) is 0 Å². The fraction of sp³-hybridized carbons (Fsp3) is 0.400. The molecule has 0 saturated carbocycles. The van der Waals surface area contributed by atoms with Crippen molar-refractivity contribution in [2.24, 2.45) is 0 Å². The van der Waals surface area contributed by atoms with E-state index in [1.54, 1.807) is 6.20 Å². The molecule has 1 aliphatic heterocycles. The number of aromatic nitrogens is 1. The Morgan fingerprint density at radius 1 is 1.00 bits per heavy atom. The predicted molar refractivity (Wildman–Crippen MR) is 106 cm³/mol. The van der Waals surface area contributed by atoms with E-state index in [0.717, 1.165) is 38.4 Å². The molecule has 0 bridgehead atoms. The Kier molecular flexibility index (Phi) is 6.07. The number of anilines is 2. The van der Waals surface area contributed by atoms with Gasteiger partial charge < -0.3 is 20.0 Å². The minimum atomic E-state index is -0.118. The van der Waals surface area contributed by atoms with Gasteiger partial charge in [0.15, 0.2) is 0 Å². The molecule has 6 nitrogen and oxygen atoms in total. The number of amides is 1. The smallest absolute Gasteiger partial charge is 0.269 e. The van der Waals surface area contributed by atoms with Crippen LogP contribution in [0, 0.1) is 0 Å². The van der Waals surface area contributed by atoms with Crippen molar-refractivity contribution in [3.63, 3.8) is 0 Å². The fourth-order valence-corrected chi connectivity index (χ4v) is 3.05. The third-order valence-corrected chi connectivity index (χ3v) is 4.59. The van der Waals surface area contributed by atoms with Crippen molar-refractivity contribution in [3.8, 4) is 0 Å². The Labute approximate surface area is 155 Å². The molecule has 6 heteroatoms. The number of nitrogens with zero attached hydrogens (tertiary/aromatic N) is 4. The number of benzene rings is 1. The molecule has 1 N–H and O–H groups in total. The number of nitrogens with one attached hydrogen (secondary N) is 1. The summed E-state index contributed by atoms with van der Waals surface area (Å²) in [6.45, 7) is 5.30. The molecule has 3 rings (SSSR count). The Bertz CT molecular complexity index is 694. The van der Waals surface area contributed by atoms with Crippen LogP contribution < -0.4 is 15.1 Å². The number of pyridine rings is 1. The van der Waals surface area contributed by atoms with E-state index < -0.39 is 0 Å². The Hall–Kier alpha value is -2.60. The van der Waals surface area contributed by atoms with E-state index in [-0.39, 0.29) is 5.91 Å². The highest BCUT2D eigenvalue weighted by Crippen LogP contribution is 2.19. The standard InChI is InChI=1S/C20H27N5O/c1-23(2)11-10-21-20(26)19-9-8-18(16-22-19)25-14-12-24(13-15-25)17-6-4-3-5-7-17/h3-9,16H,10-15H2,1-2H3,(H,21,26). The normalized spacial score (nSPS) is 14.6. The van der Waals surface area contributed by atoms with E-state index in [4.69, 9.17) is 0 Å². The first-order chi connectivity index (χ1) is 12.6. The van der Waals surface area contributed by atoms with Crippen molar-refractivity contribution >= 4 is 17.3 Å². The minimum Gasteiger partial charge on any atom is -0.368 e. The van der Waals surface area contributed by atoms with Gasteiger partial charge in [0.05, 0.1) is 11.9 Å². The molecule has 0 aliphatic carbocycles. The second kappa shape index (κ2) is 8.67. The highest BCUT2D eigenvalue weighted by Gasteiger charge is 2.18. The minimum absolute atomic E-state index is 0.118. The van der Waals surface area contributed by atoms with Crippen LogP contribution in [0.2, 0.25) is 0 Å². The van der Waals surface area contributed by atoms with Crippen LogP contribution in [-0.4, -0.2) is 69.2 Å². The fourth-order valence-electron chi connectivity index (χ4n) is 3.05. The molecule has 0 radical (unpaired) electrons. The number of para-hydroxylation sites is 1. The second-order valence-electron chi connectivity index (χ2n) is 6.77. The topological polar surface area (TPSA) is 51.7 Å². The monoisotopic (exact) mass is 353 g/mol. The molecular formula is C20H27N5O. The number of carbonyl (C=O) groups excluding carboxylic acids is 1. The average Bonchev–Trinajstić information content (AvgIpc) is 2.68. The van der Waals surface area contributed by atoms with Gasteiger partial charge in [-0.1, -0.05) is 18.2 Å². The van der Waals surface area contributed by atoms with Crippen LogP contribution in [0.3, 0.4) is 0 Å². The van der Waals surface area contributed by atoms with Crippen LogP contribution in [0.4, 0.5) is 11.4 Å². The van der Waals surface area contributed by atoms with Crippen molar-refractivity contribution in [1.82, 2.24) is 15.2 Å². The zero-order valence-corrected chi connectivity index (χ0v) is 15.6. The maximum atomic E-state index is 12.1. The first-order valence-corrected chi connectivity index (χ1v) is 9.07. The van der Waals surface area contributed by atoms with Crippen molar-refractivity contribution in [3.05, 3.63) is 54.4 Å². The lowest BCUT2D eigenvalue weighted by molar-refractivity contribution is 0.0946. The van der Waals surface area contributed by atoms with Gasteiger partial charge in [0.2, 0.25) is 0 Å². The van der Waals surface area contributed by atoms with Crippen molar-refractivity contribution in [2.75, 3.05) is 63.2 Å². The van der Waals surface area contributed by atoms with Gasteiger partial charge in [0.25, 0.3) is 5.91 Å². The van der Waals surface area contributed by atoms with Crippen molar-refractivity contribution in [1.29, 1.82) is 0 Å². The van der Waals surface area contributed by atoms with Gasteiger partial charge in [-0.15, -0.1) is 0 Å². The third kappa shape index (κ3) is 4.73. The van der Waals surface area contributed by atoms with E-state index in [0.29, 0.717) is 12.2 Å². The molecule has 1 amide bonds. The lowest BCUT2D eigenvalue weighted by Crippen LogP contribution is -2.46. The molecule has 1 aliphatic rings. The first-order valence-electron chi connectivity index (χ1n) is 9.07. The van der Waals surface area contributed by atoms with Crippen LogP contribution in [0.1, 0.15) is 10.5 Å². The molecule has 1 aromatic carbocycles. The Morgan fingerprint density at radius 2 is 1.65 bits per heavy atom.